The van der Waals surface area contributed by atoms with Crippen LogP contribution in [0.3, 0.4) is 0 Å². The molecule has 0 heterocycles. The molecule has 3 nitrogen and oxygen atoms in total. The second kappa shape index (κ2) is 6.02. The molecule has 18 heavy (non-hydrogen) atoms. The molecule has 0 amide bonds. The van der Waals surface area contributed by atoms with Crippen molar-refractivity contribution in [2.24, 2.45) is 5.84 Å². The summed E-state index contributed by atoms with van der Waals surface area (Å²) in [5, 5.41) is 0.742. The monoisotopic (exact) mass is 268 g/mol. The lowest BCUT2D eigenvalue weighted by molar-refractivity contribution is -0.0627. The van der Waals surface area contributed by atoms with E-state index in [4.69, 9.17) is 22.2 Å². The molecular weight excluding hydrogens is 248 g/mol. The first-order valence-electron chi connectivity index (χ1n) is 6.57. The Balaban J connectivity index is 2.27. The highest BCUT2D eigenvalue weighted by atomic mass is 35.5. The zero-order valence-corrected chi connectivity index (χ0v) is 11.5. The van der Waals surface area contributed by atoms with Gasteiger partial charge in [0.2, 0.25) is 0 Å². The molecule has 2 rings (SSSR count). The molecule has 1 aromatic rings. The van der Waals surface area contributed by atoms with Crippen LogP contribution in [-0.2, 0) is 4.74 Å². The van der Waals surface area contributed by atoms with E-state index in [-0.39, 0.29) is 11.6 Å². The van der Waals surface area contributed by atoms with E-state index in [0.29, 0.717) is 6.61 Å². The van der Waals surface area contributed by atoms with Crippen LogP contribution in [-0.4, -0.2) is 12.2 Å². The van der Waals surface area contributed by atoms with E-state index in [1.165, 1.54) is 12.8 Å². The quantitative estimate of drug-likeness (QED) is 0.637. The van der Waals surface area contributed by atoms with Gasteiger partial charge in [-0.2, -0.15) is 0 Å². The van der Waals surface area contributed by atoms with Crippen molar-refractivity contribution in [1.29, 1.82) is 0 Å². The van der Waals surface area contributed by atoms with Crippen molar-refractivity contribution in [1.82, 2.24) is 5.43 Å². The standard InChI is InChI=1S/C14H21ClN2O/c1-2-18-14(9-3-4-10-14)13(17-16)11-5-7-12(15)8-6-11/h5-8,13,17H,2-4,9-10,16H2,1H3. The summed E-state index contributed by atoms with van der Waals surface area (Å²) in [7, 11) is 0. The maximum atomic E-state index is 6.05. The number of hydrogen-bond donors (Lipinski definition) is 2. The molecule has 100 valence electrons. The number of nitrogens with two attached hydrogens (primary N) is 1. The highest BCUT2D eigenvalue weighted by Gasteiger charge is 2.42. The van der Waals surface area contributed by atoms with E-state index in [1.54, 1.807) is 0 Å². The first-order chi connectivity index (χ1) is 8.72. The molecule has 0 spiro atoms. The van der Waals surface area contributed by atoms with Crippen molar-refractivity contribution in [3.8, 4) is 0 Å². The lowest BCUT2D eigenvalue weighted by Crippen LogP contribution is -2.46. The van der Waals surface area contributed by atoms with Gasteiger partial charge in [-0.05, 0) is 37.5 Å². The third-order valence-electron chi connectivity index (χ3n) is 3.78. The minimum Gasteiger partial charge on any atom is -0.373 e. The minimum atomic E-state index is -0.169. The Kier molecular flexibility index (Phi) is 4.62. The second-order valence-corrected chi connectivity index (χ2v) is 5.29. The van der Waals surface area contributed by atoms with E-state index in [2.05, 4.69) is 5.43 Å². The van der Waals surface area contributed by atoms with Gasteiger partial charge in [0.1, 0.15) is 0 Å². The molecule has 0 aliphatic heterocycles. The number of halogens is 1. The van der Waals surface area contributed by atoms with Crippen LogP contribution in [0.5, 0.6) is 0 Å². The Morgan fingerprint density at radius 2 is 1.94 bits per heavy atom. The predicted molar refractivity (Wildman–Crippen MR) is 74.3 cm³/mol. The van der Waals surface area contributed by atoms with Crippen LogP contribution >= 0.6 is 11.6 Å². The minimum absolute atomic E-state index is 0.0252. The molecule has 0 radical (unpaired) electrons. The zero-order chi connectivity index (χ0) is 13.0. The van der Waals surface area contributed by atoms with Crippen molar-refractivity contribution in [2.75, 3.05) is 6.61 Å². The summed E-state index contributed by atoms with van der Waals surface area (Å²) in [6.45, 7) is 2.75. The third-order valence-corrected chi connectivity index (χ3v) is 4.03. The van der Waals surface area contributed by atoms with Gasteiger partial charge in [-0.25, -0.2) is 0 Å². The van der Waals surface area contributed by atoms with Crippen LogP contribution in [0, 0.1) is 0 Å². The topological polar surface area (TPSA) is 47.3 Å². The number of hydrogen-bond acceptors (Lipinski definition) is 3. The van der Waals surface area contributed by atoms with Gasteiger partial charge in [-0.3, -0.25) is 11.3 Å². The van der Waals surface area contributed by atoms with Gasteiger partial charge in [0.15, 0.2) is 0 Å². The van der Waals surface area contributed by atoms with Gasteiger partial charge in [0.05, 0.1) is 11.6 Å². The molecule has 1 aliphatic carbocycles. The summed E-state index contributed by atoms with van der Waals surface area (Å²) in [6.07, 6.45) is 4.51. The summed E-state index contributed by atoms with van der Waals surface area (Å²) in [5.41, 5.74) is 3.90. The second-order valence-electron chi connectivity index (χ2n) is 4.86. The van der Waals surface area contributed by atoms with Crippen molar-refractivity contribution in [3.05, 3.63) is 34.9 Å². The molecule has 1 saturated carbocycles. The lowest BCUT2D eigenvalue weighted by atomic mass is 9.87. The zero-order valence-electron chi connectivity index (χ0n) is 10.8. The largest absolute Gasteiger partial charge is 0.373 e. The Hall–Kier alpha value is -0.610. The Bertz CT molecular complexity index is 374. The van der Waals surface area contributed by atoms with Crippen LogP contribution in [0.15, 0.2) is 24.3 Å². The fourth-order valence-electron chi connectivity index (χ4n) is 2.98. The Labute approximate surface area is 114 Å². The van der Waals surface area contributed by atoms with Gasteiger partial charge < -0.3 is 4.74 Å². The fourth-order valence-corrected chi connectivity index (χ4v) is 3.11. The van der Waals surface area contributed by atoms with Gasteiger partial charge in [0.25, 0.3) is 0 Å². The summed E-state index contributed by atoms with van der Waals surface area (Å²) in [4.78, 5) is 0. The van der Waals surface area contributed by atoms with Crippen molar-refractivity contribution in [2.45, 2.75) is 44.2 Å². The summed E-state index contributed by atoms with van der Waals surface area (Å²) in [5.74, 6) is 5.78. The summed E-state index contributed by atoms with van der Waals surface area (Å²) in [6, 6.07) is 7.86. The average Bonchev–Trinajstić information content (AvgIpc) is 2.82. The number of hydrazine groups is 1. The lowest BCUT2D eigenvalue weighted by Gasteiger charge is -2.37. The highest BCUT2D eigenvalue weighted by molar-refractivity contribution is 6.30. The van der Waals surface area contributed by atoms with Crippen LogP contribution in [0.25, 0.3) is 0 Å². The molecule has 3 N–H and O–H groups in total. The van der Waals surface area contributed by atoms with Crippen LogP contribution in [0.2, 0.25) is 5.02 Å². The third kappa shape index (κ3) is 2.69. The van der Waals surface area contributed by atoms with Crippen LogP contribution < -0.4 is 11.3 Å². The van der Waals surface area contributed by atoms with Crippen LogP contribution in [0.4, 0.5) is 0 Å². The van der Waals surface area contributed by atoms with Gasteiger partial charge in [-0.15, -0.1) is 0 Å². The van der Waals surface area contributed by atoms with E-state index >= 15 is 0 Å². The Morgan fingerprint density at radius 3 is 2.44 bits per heavy atom. The number of ether oxygens (including phenoxy) is 1. The molecule has 1 aromatic carbocycles. The molecule has 1 fully saturated rings. The normalized spacial score (nSPS) is 19.9. The van der Waals surface area contributed by atoms with Gasteiger partial charge in [-0.1, -0.05) is 36.6 Å². The first-order valence-corrected chi connectivity index (χ1v) is 6.95. The SMILES string of the molecule is CCOC1(C(NN)c2ccc(Cl)cc2)CCCC1. The molecular formula is C14H21ClN2O. The number of rotatable bonds is 5. The maximum absolute atomic E-state index is 6.05. The first kappa shape index (κ1) is 13.8. The summed E-state index contributed by atoms with van der Waals surface area (Å²) < 4.78 is 6.05. The molecule has 0 saturated heterocycles. The van der Waals surface area contributed by atoms with E-state index < -0.39 is 0 Å². The van der Waals surface area contributed by atoms with Crippen molar-refractivity contribution >= 4 is 11.6 Å². The number of nitrogens with one attached hydrogen (secondary N) is 1. The van der Waals surface area contributed by atoms with Crippen LogP contribution in [0.1, 0.15) is 44.2 Å². The van der Waals surface area contributed by atoms with Gasteiger partial charge in [0, 0.05) is 11.6 Å². The van der Waals surface area contributed by atoms with E-state index in [1.807, 2.05) is 31.2 Å². The maximum Gasteiger partial charge on any atom is 0.0889 e. The molecule has 1 aliphatic rings. The average molecular weight is 269 g/mol. The molecule has 1 atom stereocenters. The molecule has 4 heteroatoms. The van der Waals surface area contributed by atoms with Crippen molar-refractivity contribution in [3.63, 3.8) is 0 Å². The fraction of sp³-hybridized carbons (Fsp3) is 0.571. The molecule has 1 unspecified atom stereocenters. The summed E-state index contributed by atoms with van der Waals surface area (Å²) >= 11 is 5.93. The predicted octanol–water partition coefficient (Wildman–Crippen LogP) is 3.19. The molecule has 0 bridgehead atoms. The Morgan fingerprint density at radius 1 is 1.33 bits per heavy atom. The number of benzene rings is 1. The smallest absolute Gasteiger partial charge is 0.0889 e. The van der Waals surface area contributed by atoms with Crippen molar-refractivity contribution < 1.29 is 4.74 Å². The highest BCUT2D eigenvalue weighted by Crippen LogP contribution is 2.42. The molecule has 0 aromatic heterocycles. The van der Waals surface area contributed by atoms with Gasteiger partial charge >= 0.3 is 0 Å². The van der Waals surface area contributed by atoms with E-state index in [9.17, 15) is 0 Å². The van der Waals surface area contributed by atoms with E-state index in [0.717, 1.165) is 23.4 Å².